The van der Waals surface area contributed by atoms with Crippen LogP contribution in [-0.2, 0) is 9.84 Å². The highest BCUT2D eigenvalue weighted by molar-refractivity contribution is 7.93. The Kier molecular flexibility index (Phi) is 4.52. The summed E-state index contributed by atoms with van der Waals surface area (Å²) >= 11 is 1.29. The number of nitrogens with one attached hydrogen (secondary N) is 1. The highest BCUT2D eigenvalue weighted by Crippen LogP contribution is 2.17. The smallest absolute Gasteiger partial charge is 0.187 e. The van der Waals surface area contributed by atoms with Crippen LogP contribution >= 0.6 is 11.3 Å². The second-order valence-corrected chi connectivity index (χ2v) is 8.06. The molecular formula is C11H19NO2S2. The van der Waals surface area contributed by atoms with Crippen LogP contribution in [0.1, 0.15) is 27.2 Å². The van der Waals surface area contributed by atoms with Crippen LogP contribution in [0, 0.1) is 0 Å². The summed E-state index contributed by atoms with van der Waals surface area (Å²) in [6.07, 6.45) is 0.650. The van der Waals surface area contributed by atoms with Gasteiger partial charge in [0.2, 0.25) is 0 Å². The standard InChI is InChI=1S/C11H19NO2S2/c1-11(2,3)12-7-5-9-16(13,14)10-6-4-8-15-10/h4,6,8,12H,5,7,9H2,1-3H3. The molecular weight excluding hydrogens is 242 g/mol. The predicted molar refractivity (Wildman–Crippen MR) is 68.7 cm³/mol. The van der Waals surface area contributed by atoms with Crippen molar-refractivity contribution in [2.45, 2.75) is 36.9 Å². The van der Waals surface area contributed by atoms with Gasteiger partial charge in [0.05, 0.1) is 5.75 Å². The molecule has 0 aliphatic rings. The molecule has 0 spiro atoms. The maximum Gasteiger partial charge on any atom is 0.187 e. The Morgan fingerprint density at radius 1 is 1.38 bits per heavy atom. The van der Waals surface area contributed by atoms with E-state index in [1.807, 2.05) is 0 Å². The van der Waals surface area contributed by atoms with Gasteiger partial charge in [0.1, 0.15) is 4.21 Å². The molecule has 1 rings (SSSR count). The van der Waals surface area contributed by atoms with Crippen molar-refractivity contribution >= 4 is 21.2 Å². The lowest BCUT2D eigenvalue weighted by Crippen LogP contribution is -2.36. The molecule has 0 saturated carbocycles. The van der Waals surface area contributed by atoms with E-state index in [1.165, 1.54) is 11.3 Å². The summed E-state index contributed by atoms with van der Waals surface area (Å²) in [5.41, 5.74) is 0.0483. The lowest BCUT2D eigenvalue weighted by molar-refractivity contribution is 0.426. The second-order valence-electron chi connectivity index (χ2n) is 4.78. The Balaban J connectivity index is 2.39. The zero-order chi connectivity index (χ0) is 12.2. The minimum Gasteiger partial charge on any atom is -0.312 e. The fourth-order valence-electron chi connectivity index (χ4n) is 1.27. The third-order valence-electron chi connectivity index (χ3n) is 2.05. The van der Waals surface area contributed by atoms with E-state index in [9.17, 15) is 8.42 Å². The van der Waals surface area contributed by atoms with E-state index >= 15 is 0 Å². The topological polar surface area (TPSA) is 46.2 Å². The Morgan fingerprint density at radius 2 is 2.06 bits per heavy atom. The van der Waals surface area contributed by atoms with Crippen molar-refractivity contribution in [2.24, 2.45) is 0 Å². The molecule has 0 atom stereocenters. The van der Waals surface area contributed by atoms with Crippen molar-refractivity contribution in [3.05, 3.63) is 17.5 Å². The zero-order valence-corrected chi connectivity index (χ0v) is 11.6. The Bertz CT molecular complexity index is 402. The fraction of sp³-hybridized carbons (Fsp3) is 0.636. The first-order chi connectivity index (χ1) is 7.31. The summed E-state index contributed by atoms with van der Waals surface area (Å²) in [5.74, 6) is 0.219. The summed E-state index contributed by atoms with van der Waals surface area (Å²) in [6, 6.07) is 3.43. The van der Waals surface area contributed by atoms with Gasteiger partial charge >= 0.3 is 0 Å². The average Bonchev–Trinajstić information content (AvgIpc) is 2.64. The molecule has 3 nitrogen and oxygen atoms in total. The van der Waals surface area contributed by atoms with Crippen LogP contribution in [0.15, 0.2) is 21.7 Å². The lowest BCUT2D eigenvalue weighted by atomic mass is 10.1. The molecule has 16 heavy (non-hydrogen) atoms. The second kappa shape index (κ2) is 5.29. The van der Waals surface area contributed by atoms with E-state index < -0.39 is 9.84 Å². The summed E-state index contributed by atoms with van der Waals surface area (Å²) in [7, 11) is -3.06. The molecule has 0 aromatic carbocycles. The Labute approximate surface area is 102 Å². The molecule has 1 aromatic heterocycles. The number of hydrogen-bond acceptors (Lipinski definition) is 4. The molecule has 0 fully saturated rings. The van der Waals surface area contributed by atoms with Crippen molar-refractivity contribution in [3.8, 4) is 0 Å². The summed E-state index contributed by atoms with van der Waals surface area (Å²) in [5, 5.41) is 5.07. The van der Waals surface area contributed by atoms with Crippen LogP contribution in [0.5, 0.6) is 0 Å². The predicted octanol–water partition coefficient (Wildman–Crippen LogP) is 2.30. The molecule has 0 unspecified atom stereocenters. The van der Waals surface area contributed by atoms with Gasteiger partial charge in [-0.1, -0.05) is 6.07 Å². The van der Waals surface area contributed by atoms with Crippen molar-refractivity contribution in [3.63, 3.8) is 0 Å². The van der Waals surface area contributed by atoms with Gasteiger partial charge in [0.25, 0.3) is 0 Å². The van der Waals surface area contributed by atoms with Gasteiger partial charge in [-0.2, -0.15) is 0 Å². The van der Waals surface area contributed by atoms with Crippen molar-refractivity contribution in [1.82, 2.24) is 5.32 Å². The first kappa shape index (κ1) is 13.7. The van der Waals surface area contributed by atoms with Gasteiger partial charge in [-0.3, -0.25) is 0 Å². The van der Waals surface area contributed by atoms with E-state index in [1.54, 1.807) is 17.5 Å². The van der Waals surface area contributed by atoms with Crippen LogP contribution in [0.25, 0.3) is 0 Å². The largest absolute Gasteiger partial charge is 0.312 e. The van der Waals surface area contributed by atoms with Crippen molar-refractivity contribution < 1.29 is 8.42 Å². The van der Waals surface area contributed by atoms with Crippen LogP contribution < -0.4 is 5.32 Å². The van der Waals surface area contributed by atoms with Crippen LogP contribution in [0.4, 0.5) is 0 Å². The van der Waals surface area contributed by atoms with Crippen LogP contribution in [0.3, 0.4) is 0 Å². The lowest BCUT2D eigenvalue weighted by Gasteiger charge is -2.20. The van der Waals surface area contributed by atoms with E-state index in [0.717, 1.165) is 6.54 Å². The SMILES string of the molecule is CC(C)(C)NCCCS(=O)(=O)c1cccs1. The first-order valence-electron chi connectivity index (χ1n) is 5.32. The van der Waals surface area contributed by atoms with E-state index in [0.29, 0.717) is 10.6 Å². The minimum absolute atomic E-state index is 0.0483. The van der Waals surface area contributed by atoms with Gasteiger partial charge in [-0.15, -0.1) is 11.3 Å². The van der Waals surface area contributed by atoms with Crippen LogP contribution in [0.2, 0.25) is 0 Å². The highest BCUT2D eigenvalue weighted by atomic mass is 32.2. The normalized spacial score (nSPS) is 12.9. The molecule has 1 N–H and O–H groups in total. The average molecular weight is 261 g/mol. The van der Waals surface area contributed by atoms with Gasteiger partial charge in [0.15, 0.2) is 9.84 Å². The molecule has 92 valence electrons. The maximum atomic E-state index is 11.8. The van der Waals surface area contributed by atoms with Gasteiger partial charge in [-0.25, -0.2) is 8.42 Å². The Morgan fingerprint density at radius 3 is 2.56 bits per heavy atom. The molecule has 0 saturated heterocycles. The minimum atomic E-state index is -3.06. The third kappa shape index (κ3) is 4.63. The molecule has 1 heterocycles. The molecule has 5 heteroatoms. The molecule has 0 bridgehead atoms. The summed E-state index contributed by atoms with van der Waals surface area (Å²) < 4.78 is 24.1. The van der Waals surface area contributed by atoms with Gasteiger partial charge in [-0.05, 0) is 45.2 Å². The van der Waals surface area contributed by atoms with Gasteiger partial charge in [0, 0.05) is 5.54 Å². The summed E-state index contributed by atoms with van der Waals surface area (Å²) in [6.45, 7) is 6.94. The Hall–Kier alpha value is -0.390. The van der Waals surface area contributed by atoms with E-state index in [4.69, 9.17) is 0 Å². The highest BCUT2D eigenvalue weighted by Gasteiger charge is 2.15. The molecule has 0 amide bonds. The number of thiophene rings is 1. The number of rotatable bonds is 5. The van der Waals surface area contributed by atoms with Crippen molar-refractivity contribution in [1.29, 1.82) is 0 Å². The van der Waals surface area contributed by atoms with Crippen molar-refractivity contribution in [2.75, 3.05) is 12.3 Å². The van der Waals surface area contributed by atoms with E-state index in [-0.39, 0.29) is 11.3 Å². The maximum absolute atomic E-state index is 11.8. The first-order valence-corrected chi connectivity index (χ1v) is 7.86. The zero-order valence-electron chi connectivity index (χ0n) is 9.99. The third-order valence-corrected chi connectivity index (χ3v) is 5.33. The summed E-state index contributed by atoms with van der Waals surface area (Å²) in [4.78, 5) is 0. The monoisotopic (exact) mass is 261 g/mol. The molecule has 0 aliphatic heterocycles. The number of sulfone groups is 1. The molecule has 1 aromatic rings. The van der Waals surface area contributed by atoms with Gasteiger partial charge < -0.3 is 5.32 Å². The molecule has 0 aliphatic carbocycles. The quantitative estimate of drug-likeness (QED) is 0.827. The van der Waals surface area contributed by atoms with Crippen LogP contribution in [-0.4, -0.2) is 26.3 Å². The number of hydrogen-bond donors (Lipinski definition) is 1. The van der Waals surface area contributed by atoms with E-state index in [2.05, 4.69) is 26.1 Å². The molecule has 0 radical (unpaired) electrons. The fourth-order valence-corrected chi connectivity index (χ4v) is 3.73.